The van der Waals surface area contributed by atoms with Crippen molar-refractivity contribution in [1.82, 2.24) is 4.90 Å². The molecule has 0 aliphatic carbocycles. The normalized spacial score (nSPS) is 15.7. The standard InChI is InChI=1S/C16H24ClN3/c1-4-15(19)16(13-6-8-14(17)9-7-13)20(5-2)11-12(3)10-18/h6-9,12,15-16H,4-5,11,19H2,1-3H3. The topological polar surface area (TPSA) is 53.0 Å². The molecule has 0 radical (unpaired) electrons. The lowest BCUT2D eigenvalue weighted by molar-refractivity contribution is 0.166. The molecule has 3 unspecified atom stereocenters. The number of rotatable bonds is 7. The van der Waals surface area contributed by atoms with Gasteiger partial charge in [-0.15, -0.1) is 0 Å². The zero-order valence-electron chi connectivity index (χ0n) is 12.5. The molecule has 110 valence electrons. The third-order valence-electron chi connectivity index (χ3n) is 3.62. The van der Waals surface area contributed by atoms with Gasteiger partial charge in [0.1, 0.15) is 0 Å². The van der Waals surface area contributed by atoms with E-state index in [0.29, 0.717) is 0 Å². The molecule has 0 aromatic heterocycles. The average molecular weight is 294 g/mol. The van der Waals surface area contributed by atoms with Crippen LogP contribution in [0.1, 0.15) is 38.8 Å². The molecular weight excluding hydrogens is 270 g/mol. The number of hydrogen-bond acceptors (Lipinski definition) is 3. The lowest BCUT2D eigenvalue weighted by atomic mass is 9.95. The van der Waals surface area contributed by atoms with E-state index in [2.05, 4.69) is 24.8 Å². The van der Waals surface area contributed by atoms with Crippen molar-refractivity contribution in [1.29, 1.82) is 5.26 Å². The molecule has 2 N–H and O–H groups in total. The Kier molecular flexibility index (Phi) is 7.01. The van der Waals surface area contributed by atoms with Crippen LogP contribution in [0, 0.1) is 17.2 Å². The quantitative estimate of drug-likeness (QED) is 0.835. The van der Waals surface area contributed by atoms with E-state index >= 15 is 0 Å². The Morgan fingerprint density at radius 3 is 2.35 bits per heavy atom. The summed E-state index contributed by atoms with van der Waals surface area (Å²) in [6.45, 7) is 7.74. The van der Waals surface area contributed by atoms with Gasteiger partial charge >= 0.3 is 0 Å². The Bertz CT molecular complexity index is 438. The minimum atomic E-state index is -0.00573. The van der Waals surface area contributed by atoms with E-state index in [4.69, 9.17) is 22.6 Å². The second-order valence-corrected chi connectivity index (χ2v) is 5.62. The summed E-state index contributed by atoms with van der Waals surface area (Å²) >= 11 is 5.96. The van der Waals surface area contributed by atoms with Crippen molar-refractivity contribution < 1.29 is 0 Å². The maximum Gasteiger partial charge on any atom is 0.0666 e. The van der Waals surface area contributed by atoms with Crippen LogP contribution in [0.3, 0.4) is 0 Å². The van der Waals surface area contributed by atoms with E-state index in [9.17, 15) is 0 Å². The smallest absolute Gasteiger partial charge is 0.0666 e. The van der Waals surface area contributed by atoms with Gasteiger partial charge < -0.3 is 5.73 Å². The van der Waals surface area contributed by atoms with Crippen LogP contribution >= 0.6 is 11.6 Å². The van der Waals surface area contributed by atoms with E-state index in [1.54, 1.807) is 0 Å². The number of nitriles is 1. The molecular formula is C16H24ClN3. The second kappa shape index (κ2) is 8.26. The summed E-state index contributed by atoms with van der Waals surface area (Å²) in [6, 6.07) is 10.3. The molecule has 0 heterocycles. The van der Waals surface area contributed by atoms with Crippen LogP contribution in [-0.4, -0.2) is 24.0 Å². The van der Waals surface area contributed by atoms with Gasteiger partial charge in [0.15, 0.2) is 0 Å². The molecule has 4 heteroatoms. The van der Waals surface area contributed by atoms with E-state index in [1.165, 1.54) is 0 Å². The predicted molar refractivity (Wildman–Crippen MR) is 84.5 cm³/mol. The summed E-state index contributed by atoms with van der Waals surface area (Å²) in [6.07, 6.45) is 0.894. The Morgan fingerprint density at radius 1 is 1.30 bits per heavy atom. The van der Waals surface area contributed by atoms with Crippen molar-refractivity contribution in [3.63, 3.8) is 0 Å². The SMILES string of the molecule is CCC(N)C(c1ccc(Cl)cc1)N(CC)CC(C)C#N. The van der Waals surface area contributed by atoms with E-state index in [0.717, 1.165) is 30.1 Å². The van der Waals surface area contributed by atoms with Gasteiger partial charge in [0.25, 0.3) is 0 Å². The lowest BCUT2D eigenvalue weighted by Gasteiger charge is -2.35. The highest BCUT2D eigenvalue weighted by molar-refractivity contribution is 6.30. The third kappa shape index (κ3) is 4.49. The van der Waals surface area contributed by atoms with Crippen LogP contribution in [0.4, 0.5) is 0 Å². The highest BCUT2D eigenvalue weighted by Gasteiger charge is 2.25. The van der Waals surface area contributed by atoms with Crippen molar-refractivity contribution in [3.8, 4) is 6.07 Å². The molecule has 0 saturated heterocycles. The van der Waals surface area contributed by atoms with Gasteiger partial charge in [-0.25, -0.2) is 0 Å². The first-order valence-corrected chi connectivity index (χ1v) is 7.55. The minimum absolute atomic E-state index is 0.00573. The molecule has 0 saturated carbocycles. The maximum atomic E-state index is 9.04. The first-order valence-electron chi connectivity index (χ1n) is 7.18. The van der Waals surface area contributed by atoms with Gasteiger partial charge in [-0.05, 0) is 37.6 Å². The van der Waals surface area contributed by atoms with Gasteiger partial charge in [-0.3, -0.25) is 4.90 Å². The monoisotopic (exact) mass is 293 g/mol. The molecule has 1 rings (SSSR count). The van der Waals surface area contributed by atoms with Crippen molar-refractivity contribution >= 4 is 11.6 Å². The van der Waals surface area contributed by atoms with Crippen LogP contribution in [-0.2, 0) is 0 Å². The van der Waals surface area contributed by atoms with E-state index in [-0.39, 0.29) is 18.0 Å². The molecule has 0 aliphatic heterocycles. The fourth-order valence-electron chi connectivity index (χ4n) is 2.44. The van der Waals surface area contributed by atoms with E-state index < -0.39 is 0 Å². The minimum Gasteiger partial charge on any atom is -0.326 e. The molecule has 20 heavy (non-hydrogen) atoms. The Balaban J connectivity index is 3.04. The number of nitrogens with two attached hydrogens (primary N) is 1. The molecule has 0 fully saturated rings. The van der Waals surface area contributed by atoms with Crippen LogP contribution in [0.25, 0.3) is 0 Å². The van der Waals surface area contributed by atoms with Crippen molar-refractivity contribution in [2.75, 3.05) is 13.1 Å². The first kappa shape index (κ1) is 17.0. The highest BCUT2D eigenvalue weighted by Crippen LogP contribution is 2.27. The number of nitrogens with zero attached hydrogens (tertiary/aromatic N) is 2. The molecule has 3 atom stereocenters. The highest BCUT2D eigenvalue weighted by atomic mass is 35.5. The molecule has 3 nitrogen and oxygen atoms in total. The largest absolute Gasteiger partial charge is 0.326 e. The molecule has 1 aromatic carbocycles. The number of likely N-dealkylation sites (N-methyl/N-ethyl adjacent to an activating group) is 1. The summed E-state index contributed by atoms with van der Waals surface area (Å²) < 4.78 is 0. The Morgan fingerprint density at radius 2 is 1.90 bits per heavy atom. The van der Waals surface area contributed by atoms with Crippen LogP contribution < -0.4 is 5.73 Å². The van der Waals surface area contributed by atoms with Crippen molar-refractivity contribution in [3.05, 3.63) is 34.9 Å². The summed E-state index contributed by atoms with van der Waals surface area (Å²) in [5.74, 6) is -0.00573. The summed E-state index contributed by atoms with van der Waals surface area (Å²) in [7, 11) is 0. The molecule has 0 bridgehead atoms. The first-order chi connectivity index (χ1) is 9.53. The Labute approximate surface area is 127 Å². The fourth-order valence-corrected chi connectivity index (χ4v) is 2.57. The van der Waals surface area contributed by atoms with Gasteiger partial charge in [-0.2, -0.15) is 5.26 Å². The zero-order valence-corrected chi connectivity index (χ0v) is 13.3. The summed E-state index contributed by atoms with van der Waals surface area (Å²) in [5, 5.41) is 9.77. The fraction of sp³-hybridized carbons (Fsp3) is 0.562. The lowest BCUT2D eigenvalue weighted by Crippen LogP contribution is -2.42. The number of benzene rings is 1. The molecule has 0 amide bonds. The zero-order chi connectivity index (χ0) is 15.1. The van der Waals surface area contributed by atoms with Gasteiger partial charge in [0, 0.05) is 23.7 Å². The van der Waals surface area contributed by atoms with Gasteiger partial charge in [0.05, 0.1) is 12.0 Å². The second-order valence-electron chi connectivity index (χ2n) is 5.19. The molecule has 1 aromatic rings. The molecule has 0 spiro atoms. The number of hydrogen-bond donors (Lipinski definition) is 1. The average Bonchev–Trinajstić information content (AvgIpc) is 2.47. The van der Waals surface area contributed by atoms with E-state index in [1.807, 2.05) is 31.2 Å². The van der Waals surface area contributed by atoms with Crippen LogP contribution in [0.5, 0.6) is 0 Å². The Hall–Kier alpha value is -1.08. The van der Waals surface area contributed by atoms with Crippen LogP contribution in [0.15, 0.2) is 24.3 Å². The summed E-state index contributed by atoms with van der Waals surface area (Å²) in [5.41, 5.74) is 7.49. The third-order valence-corrected chi connectivity index (χ3v) is 3.87. The summed E-state index contributed by atoms with van der Waals surface area (Å²) in [4.78, 5) is 2.28. The van der Waals surface area contributed by atoms with Gasteiger partial charge in [-0.1, -0.05) is 37.6 Å². The predicted octanol–water partition coefficient (Wildman–Crippen LogP) is 3.60. The number of halogens is 1. The maximum absolute atomic E-state index is 9.04. The molecule has 0 aliphatic rings. The van der Waals surface area contributed by atoms with Crippen LogP contribution in [0.2, 0.25) is 5.02 Å². The van der Waals surface area contributed by atoms with Gasteiger partial charge in [0.2, 0.25) is 0 Å². The van der Waals surface area contributed by atoms with Crippen molar-refractivity contribution in [2.24, 2.45) is 11.7 Å². The van der Waals surface area contributed by atoms with Crippen molar-refractivity contribution in [2.45, 2.75) is 39.3 Å².